The molecule has 0 radical (unpaired) electrons. The van der Waals surface area contributed by atoms with Crippen LogP contribution in [0.15, 0.2) is 53.3 Å². The van der Waals surface area contributed by atoms with Crippen molar-refractivity contribution >= 4 is 27.7 Å². The van der Waals surface area contributed by atoms with Crippen LogP contribution in [0.5, 0.6) is 0 Å². The molecule has 0 saturated carbocycles. The maximum atomic E-state index is 12.7. The number of amides is 1. The van der Waals surface area contributed by atoms with Crippen LogP contribution in [0.3, 0.4) is 0 Å². The summed E-state index contributed by atoms with van der Waals surface area (Å²) in [5.41, 5.74) is 4.56. The van der Waals surface area contributed by atoms with Gasteiger partial charge in [-0.3, -0.25) is 14.5 Å². The topological polar surface area (TPSA) is 96.0 Å². The zero-order valence-corrected chi connectivity index (χ0v) is 17.8. The standard InChI is InChI=1S/C25H23N5O2/c1-16(31)30-8-6-29(7-9-30)15-18-3-5-22-20(11-18)13-24(27-22)21-12-19-10-17(14-26)2-4-23(19)28-25(21)32/h2-5,10-13,27H,6-9,15H2,1H3,(H,28,32). The van der Waals surface area contributed by atoms with Gasteiger partial charge in [0.25, 0.3) is 5.56 Å². The molecule has 0 atom stereocenters. The molecule has 7 heteroatoms. The van der Waals surface area contributed by atoms with Crippen LogP contribution in [-0.4, -0.2) is 51.9 Å². The van der Waals surface area contributed by atoms with Gasteiger partial charge in [-0.15, -0.1) is 0 Å². The van der Waals surface area contributed by atoms with Gasteiger partial charge in [0.1, 0.15) is 0 Å². The molecule has 4 aromatic rings. The van der Waals surface area contributed by atoms with E-state index >= 15 is 0 Å². The number of benzene rings is 2. The smallest absolute Gasteiger partial charge is 0.257 e. The predicted octanol–water partition coefficient (Wildman–Crippen LogP) is 3.21. The van der Waals surface area contributed by atoms with E-state index < -0.39 is 0 Å². The lowest BCUT2D eigenvalue weighted by atomic mass is 10.1. The molecule has 0 spiro atoms. The van der Waals surface area contributed by atoms with Crippen molar-refractivity contribution in [1.82, 2.24) is 19.8 Å². The van der Waals surface area contributed by atoms with E-state index in [0.29, 0.717) is 16.6 Å². The highest BCUT2D eigenvalue weighted by Gasteiger charge is 2.18. The molecule has 2 N–H and O–H groups in total. The van der Waals surface area contributed by atoms with Gasteiger partial charge in [0.05, 0.1) is 22.9 Å². The van der Waals surface area contributed by atoms with E-state index in [4.69, 9.17) is 5.26 Å². The second kappa shape index (κ2) is 7.98. The van der Waals surface area contributed by atoms with Crippen molar-refractivity contribution in [2.45, 2.75) is 13.5 Å². The Morgan fingerprint density at radius 1 is 0.969 bits per heavy atom. The molecule has 1 aliphatic rings. The van der Waals surface area contributed by atoms with Crippen LogP contribution in [0.2, 0.25) is 0 Å². The van der Waals surface area contributed by atoms with Crippen molar-refractivity contribution < 1.29 is 4.79 Å². The van der Waals surface area contributed by atoms with Gasteiger partial charge in [0, 0.05) is 61.5 Å². The largest absolute Gasteiger partial charge is 0.354 e. The van der Waals surface area contributed by atoms with E-state index in [1.54, 1.807) is 25.1 Å². The molecule has 2 aromatic carbocycles. The highest BCUT2D eigenvalue weighted by atomic mass is 16.2. The Morgan fingerprint density at radius 2 is 1.69 bits per heavy atom. The summed E-state index contributed by atoms with van der Waals surface area (Å²) in [4.78, 5) is 34.7. The molecule has 0 unspecified atom stereocenters. The van der Waals surface area contributed by atoms with Crippen LogP contribution in [0.25, 0.3) is 33.1 Å². The van der Waals surface area contributed by atoms with Gasteiger partial charge in [-0.25, -0.2) is 0 Å². The zero-order valence-electron chi connectivity index (χ0n) is 17.8. The first-order chi connectivity index (χ1) is 15.5. The number of hydrogen-bond acceptors (Lipinski definition) is 4. The fraction of sp³-hybridized carbons (Fsp3) is 0.240. The summed E-state index contributed by atoms with van der Waals surface area (Å²) < 4.78 is 0. The second-order valence-corrected chi connectivity index (χ2v) is 8.31. The molecule has 1 aliphatic heterocycles. The third-order valence-corrected chi connectivity index (χ3v) is 6.17. The lowest BCUT2D eigenvalue weighted by Gasteiger charge is -2.34. The first kappa shape index (κ1) is 20.0. The maximum absolute atomic E-state index is 12.7. The van der Waals surface area contributed by atoms with Gasteiger partial charge in [-0.1, -0.05) is 6.07 Å². The Balaban J connectivity index is 1.42. The number of aromatic nitrogens is 2. The molecule has 1 saturated heterocycles. The van der Waals surface area contributed by atoms with Crippen LogP contribution in [0, 0.1) is 11.3 Å². The highest BCUT2D eigenvalue weighted by Crippen LogP contribution is 2.25. The molecule has 0 aliphatic carbocycles. The fourth-order valence-corrected chi connectivity index (χ4v) is 4.38. The van der Waals surface area contributed by atoms with Crippen LogP contribution in [0.4, 0.5) is 0 Å². The van der Waals surface area contributed by atoms with Gasteiger partial charge in [-0.2, -0.15) is 5.26 Å². The van der Waals surface area contributed by atoms with Crippen molar-refractivity contribution in [3.05, 3.63) is 70.0 Å². The Morgan fingerprint density at radius 3 is 2.44 bits per heavy atom. The molecule has 3 heterocycles. The number of fused-ring (bicyclic) bond motifs is 2. The van der Waals surface area contributed by atoms with Crippen molar-refractivity contribution in [3.8, 4) is 17.3 Å². The quantitative estimate of drug-likeness (QED) is 0.527. The third-order valence-electron chi connectivity index (χ3n) is 6.17. The normalized spacial score (nSPS) is 14.7. The van der Waals surface area contributed by atoms with E-state index in [2.05, 4.69) is 33.1 Å². The summed E-state index contributed by atoms with van der Waals surface area (Å²) in [6.07, 6.45) is 0. The maximum Gasteiger partial charge on any atom is 0.257 e. The van der Waals surface area contributed by atoms with Crippen molar-refractivity contribution in [2.24, 2.45) is 0 Å². The van der Waals surface area contributed by atoms with Gasteiger partial charge in [0.15, 0.2) is 0 Å². The third kappa shape index (κ3) is 3.77. The first-order valence-electron chi connectivity index (χ1n) is 10.7. The summed E-state index contributed by atoms with van der Waals surface area (Å²) in [5.74, 6) is 0.137. The molecule has 7 nitrogen and oxygen atoms in total. The van der Waals surface area contributed by atoms with Crippen molar-refractivity contribution in [1.29, 1.82) is 5.26 Å². The van der Waals surface area contributed by atoms with Gasteiger partial charge in [-0.05, 0) is 48.0 Å². The Hall–Kier alpha value is -3.89. The molecule has 1 fully saturated rings. The van der Waals surface area contributed by atoms with E-state index in [1.807, 2.05) is 23.1 Å². The zero-order chi connectivity index (χ0) is 22.2. The Labute approximate surface area is 184 Å². The summed E-state index contributed by atoms with van der Waals surface area (Å²) in [7, 11) is 0. The van der Waals surface area contributed by atoms with Crippen molar-refractivity contribution in [3.63, 3.8) is 0 Å². The molecule has 5 rings (SSSR count). The summed E-state index contributed by atoms with van der Waals surface area (Å²) >= 11 is 0. The van der Waals surface area contributed by atoms with Gasteiger partial charge < -0.3 is 14.9 Å². The predicted molar refractivity (Wildman–Crippen MR) is 124 cm³/mol. The minimum absolute atomic E-state index is 0.137. The average molecular weight is 425 g/mol. The number of pyridine rings is 1. The molecule has 2 aromatic heterocycles. The molecular weight excluding hydrogens is 402 g/mol. The van der Waals surface area contributed by atoms with Gasteiger partial charge in [0.2, 0.25) is 5.91 Å². The van der Waals surface area contributed by atoms with Gasteiger partial charge >= 0.3 is 0 Å². The SMILES string of the molecule is CC(=O)N1CCN(Cc2ccc3[nH]c(-c4cc5cc(C#N)ccc5[nH]c4=O)cc3c2)CC1. The van der Waals surface area contributed by atoms with Crippen LogP contribution >= 0.6 is 0 Å². The number of hydrogen-bond donors (Lipinski definition) is 2. The summed E-state index contributed by atoms with van der Waals surface area (Å²) in [5, 5.41) is 11.0. The molecular formula is C25H23N5O2. The monoisotopic (exact) mass is 425 g/mol. The van der Waals surface area contributed by atoms with Crippen LogP contribution < -0.4 is 5.56 Å². The molecule has 1 amide bonds. The number of H-pyrrole nitrogens is 2. The number of nitrogens with zero attached hydrogens (tertiary/aromatic N) is 3. The number of carbonyl (C=O) groups is 1. The van der Waals surface area contributed by atoms with E-state index in [9.17, 15) is 9.59 Å². The fourth-order valence-electron chi connectivity index (χ4n) is 4.38. The first-order valence-corrected chi connectivity index (χ1v) is 10.7. The molecule has 0 bridgehead atoms. The summed E-state index contributed by atoms with van der Waals surface area (Å²) in [6.45, 7) is 5.72. The molecule has 160 valence electrons. The number of nitrogens with one attached hydrogen (secondary N) is 2. The number of carbonyl (C=O) groups excluding carboxylic acids is 1. The summed E-state index contributed by atoms with van der Waals surface area (Å²) in [6, 6.07) is 17.5. The van der Waals surface area contributed by atoms with E-state index in [0.717, 1.165) is 54.7 Å². The Bertz CT molecular complexity index is 1430. The lowest BCUT2D eigenvalue weighted by molar-refractivity contribution is -0.130. The second-order valence-electron chi connectivity index (χ2n) is 8.31. The van der Waals surface area contributed by atoms with E-state index in [-0.39, 0.29) is 11.5 Å². The minimum Gasteiger partial charge on any atom is -0.354 e. The van der Waals surface area contributed by atoms with Crippen LogP contribution in [-0.2, 0) is 11.3 Å². The number of nitriles is 1. The number of rotatable bonds is 3. The van der Waals surface area contributed by atoms with Crippen molar-refractivity contribution in [2.75, 3.05) is 26.2 Å². The average Bonchev–Trinajstić information content (AvgIpc) is 3.22. The molecule has 32 heavy (non-hydrogen) atoms. The number of piperazine rings is 1. The van der Waals surface area contributed by atoms with Crippen LogP contribution in [0.1, 0.15) is 18.1 Å². The minimum atomic E-state index is -0.169. The lowest BCUT2D eigenvalue weighted by Crippen LogP contribution is -2.47. The van der Waals surface area contributed by atoms with E-state index in [1.165, 1.54) is 5.56 Å². The Kier molecular flexibility index (Phi) is 5.00. The number of aromatic amines is 2. The highest BCUT2D eigenvalue weighted by molar-refractivity contribution is 5.89.